The quantitative estimate of drug-likeness (QED) is 0.454. The van der Waals surface area contributed by atoms with Gasteiger partial charge < -0.3 is 4.90 Å². The Balaban J connectivity index is 1.61. The number of thiazole rings is 1. The third-order valence-electron chi connectivity index (χ3n) is 4.37. The first-order chi connectivity index (χ1) is 13.3. The molecule has 1 amide bonds. The molecule has 4 rings (SSSR count). The molecule has 4 aromatic rings. The molecule has 0 radical (unpaired) electrons. The second kappa shape index (κ2) is 7.60. The molecular weight excluding hydrogens is 354 g/mol. The van der Waals surface area contributed by atoms with E-state index in [0.717, 1.165) is 27.6 Å². The van der Waals surface area contributed by atoms with E-state index in [0.29, 0.717) is 13.0 Å². The second-order valence-electron chi connectivity index (χ2n) is 6.18. The number of aromatic nitrogens is 2. The second-order valence-corrected chi connectivity index (χ2v) is 7.01. The predicted octanol–water partition coefficient (Wildman–Crippen LogP) is 4.82. The largest absolute Gasteiger partial charge is 0.308 e. The fourth-order valence-corrected chi connectivity index (χ4v) is 3.92. The molecule has 0 saturated heterocycles. The van der Waals surface area contributed by atoms with E-state index in [-0.39, 0.29) is 5.91 Å². The lowest BCUT2D eigenvalue weighted by molar-refractivity contribution is -0.117. The van der Waals surface area contributed by atoms with E-state index in [9.17, 15) is 4.79 Å². The molecule has 4 nitrogen and oxygen atoms in total. The Kier molecular flexibility index (Phi) is 4.85. The van der Waals surface area contributed by atoms with Crippen molar-refractivity contribution in [2.75, 3.05) is 11.4 Å². The summed E-state index contributed by atoms with van der Waals surface area (Å²) in [5, 5.41) is 2.01. The summed E-state index contributed by atoms with van der Waals surface area (Å²) < 4.78 is 2.02. The van der Waals surface area contributed by atoms with E-state index in [1.807, 2.05) is 76.6 Å². The highest BCUT2D eigenvalue weighted by Gasteiger charge is 2.18. The summed E-state index contributed by atoms with van der Waals surface area (Å²) in [7, 11) is 0. The average Bonchev–Trinajstić information content (AvgIpc) is 3.29. The first-order valence-electron chi connectivity index (χ1n) is 8.73. The molecule has 2 aromatic heterocycles. The van der Waals surface area contributed by atoms with Gasteiger partial charge in [0, 0.05) is 35.1 Å². The highest BCUT2D eigenvalue weighted by atomic mass is 32.1. The average molecular weight is 373 g/mol. The number of benzene rings is 2. The van der Waals surface area contributed by atoms with E-state index >= 15 is 0 Å². The van der Waals surface area contributed by atoms with E-state index in [2.05, 4.69) is 6.58 Å². The number of nitrogens with zero attached hydrogens (tertiary/aromatic N) is 3. The summed E-state index contributed by atoms with van der Waals surface area (Å²) >= 11 is 1.55. The molecule has 0 aliphatic heterocycles. The molecule has 0 fully saturated rings. The van der Waals surface area contributed by atoms with Gasteiger partial charge in [0.05, 0.1) is 12.1 Å². The van der Waals surface area contributed by atoms with E-state index < -0.39 is 0 Å². The molecule has 0 bridgehead atoms. The van der Waals surface area contributed by atoms with Gasteiger partial charge in [0.1, 0.15) is 0 Å². The molecule has 2 heterocycles. The van der Waals surface area contributed by atoms with Crippen LogP contribution in [0.4, 0.5) is 5.69 Å². The summed E-state index contributed by atoms with van der Waals surface area (Å²) in [5.74, 6) is 0.0377. The van der Waals surface area contributed by atoms with Crippen molar-refractivity contribution in [2.45, 2.75) is 6.42 Å². The monoisotopic (exact) mass is 373 g/mol. The first kappa shape index (κ1) is 17.2. The molecular formula is C22H19N3OS. The van der Waals surface area contributed by atoms with Crippen LogP contribution in [0.3, 0.4) is 0 Å². The minimum atomic E-state index is 0.0377. The number of amides is 1. The lowest BCUT2D eigenvalue weighted by Gasteiger charge is -2.21. The van der Waals surface area contributed by atoms with Crippen molar-refractivity contribution in [3.05, 3.63) is 90.6 Å². The number of fused-ring (bicyclic) bond motifs is 1. The van der Waals surface area contributed by atoms with Crippen LogP contribution in [0.5, 0.6) is 0 Å². The molecule has 5 heteroatoms. The van der Waals surface area contributed by atoms with Crippen LogP contribution < -0.4 is 4.90 Å². The van der Waals surface area contributed by atoms with Crippen LogP contribution in [0.25, 0.3) is 16.2 Å². The Bertz CT molecular complexity index is 1070. The van der Waals surface area contributed by atoms with Crippen LogP contribution in [0.1, 0.15) is 5.69 Å². The van der Waals surface area contributed by atoms with Crippen LogP contribution in [0.2, 0.25) is 0 Å². The predicted molar refractivity (Wildman–Crippen MR) is 111 cm³/mol. The minimum absolute atomic E-state index is 0.0377. The van der Waals surface area contributed by atoms with Crippen LogP contribution in [-0.2, 0) is 11.2 Å². The highest BCUT2D eigenvalue weighted by Crippen LogP contribution is 2.24. The number of anilines is 1. The standard InChI is InChI=1S/C22H19N3OS/c1-2-13-24(18-11-7-4-8-12-18)21(26)14-19-16-27-22-23-20(15-25(19)22)17-9-5-3-6-10-17/h2-12,15-16H,1,13-14H2. The molecule has 0 aliphatic rings. The topological polar surface area (TPSA) is 37.6 Å². The minimum Gasteiger partial charge on any atom is -0.308 e. The van der Waals surface area contributed by atoms with Crippen LogP contribution in [-0.4, -0.2) is 21.8 Å². The van der Waals surface area contributed by atoms with Gasteiger partial charge >= 0.3 is 0 Å². The van der Waals surface area contributed by atoms with E-state index in [1.54, 1.807) is 22.3 Å². The molecule has 0 aliphatic carbocycles. The molecule has 0 N–H and O–H groups in total. The molecule has 0 atom stereocenters. The summed E-state index contributed by atoms with van der Waals surface area (Å²) in [6.07, 6.45) is 4.07. The number of carbonyl (C=O) groups is 1. The summed E-state index contributed by atoms with van der Waals surface area (Å²) in [5.41, 5.74) is 3.81. The van der Waals surface area contributed by atoms with Crippen molar-refractivity contribution in [3.8, 4) is 11.3 Å². The third-order valence-corrected chi connectivity index (χ3v) is 5.25. The third kappa shape index (κ3) is 3.55. The lowest BCUT2D eigenvalue weighted by atomic mass is 10.2. The maximum Gasteiger partial charge on any atom is 0.233 e. The van der Waals surface area contributed by atoms with Crippen molar-refractivity contribution in [2.24, 2.45) is 0 Å². The van der Waals surface area contributed by atoms with Crippen molar-refractivity contribution in [3.63, 3.8) is 0 Å². The zero-order valence-corrected chi connectivity index (χ0v) is 15.6. The summed E-state index contributed by atoms with van der Waals surface area (Å²) in [6, 6.07) is 19.8. The lowest BCUT2D eigenvalue weighted by Crippen LogP contribution is -2.32. The van der Waals surface area contributed by atoms with E-state index in [1.165, 1.54) is 0 Å². The van der Waals surface area contributed by atoms with Crippen molar-refractivity contribution >= 4 is 27.9 Å². The van der Waals surface area contributed by atoms with Crippen molar-refractivity contribution in [1.29, 1.82) is 0 Å². The number of rotatable bonds is 6. The van der Waals surface area contributed by atoms with Gasteiger partial charge in [-0.05, 0) is 12.1 Å². The van der Waals surface area contributed by atoms with Gasteiger partial charge in [-0.25, -0.2) is 4.98 Å². The van der Waals surface area contributed by atoms with Gasteiger partial charge in [0.15, 0.2) is 4.96 Å². The first-order valence-corrected chi connectivity index (χ1v) is 9.61. The fourth-order valence-electron chi connectivity index (χ4n) is 3.04. The van der Waals surface area contributed by atoms with Gasteiger partial charge in [-0.15, -0.1) is 17.9 Å². The number of hydrogen-bond acceptors (Lipinski definition) is 3. The number of imidazole rings is 1. The number of carbonyl (C=O) groups excluding carboxylic acids is 1. The molecule has 27 heavy (non-hydrogen) atoms. The molecule has 2 aromatic carbocycles. The van der Waals surface area contributed by atoms with Crippen molar-refractivity contribution in [1.82, 2.24) is 9.38 Å². The Labute approximate surface area is 162 Å². The van der Waals surface area contributed by atoms with Gasteiger partial charge in [-0.1, -0.05) is 54.6 Å². The SMILES string of the molecule is C=CCN(C(=O)Cc1csc2nc(-c3ccccc3)cn12)c1ccccc1. The van der Waals surface area contributed by atoms with Gasteiger partial charge in [-0.2, -0.15) is 0 Å². The summed E-state index contributed by atoms with van der Waals surface area (Å²) in [6.45, 7) is 4.27. The smallest absolute Gasteiger partial charge is 0.233 e. The van der Waals surface area contributed by atoms with Crippen LogP contribution in [0.15, 0.2) is 84.9 Å². The highest BCUT2D eigenvalue weighted by molar-refractivity contribution is 7.15. The maximum atomic E-state index is 13.0. The van der Waals surface area contributed by atoms with Crippen molar-refractivity contribution < 1.29 is 4.79 Å². The zero-order valence-electron chi connectivity index (χ0n) is 14.8. The number of para-hydroxylation sites is 1. The Morgan fingerprint density at radius 2 is 1.81 bits per heavy atom. The van der Waals surface area contributed by atoms with Crippen LogP contribution in [0, 0.1) is 0 Å². The Morgan fingerprint density at radius 1 is 1.11 bits per heavy atom. The molecule has 0 spiro atoms. The summed E-state index contributed by atoms with van der Waals surface area (Å²) in [4.78, 5) is 20.3. The van der Waals surface area contributed by atoms with Crippen LogP contribution >= 0.6 is 11.3 Å². The Hall–Kier alpha value is -3.18. The van der Waals surface area contributed by atoms with Gasteiger partial charge in [0.2, 0.25) is 5.91 Å². The normalized spacial score (nSPS) is 10.8. The zero-order chi connectivity index (χ0) is 18.6. The van der Waals surface area contributed by atoms with Gasteiger partial charge in [0.25, 0.3) is 0 Å². The van der Waals surface area contributed by atoms with E-state index in [4.69, 9.17) is 4.98 Å². The molecule has 0 unspecified atom stereocenters. The maximum absolute atomic E-state index is 13.0. The fraction of sp³-hybridized carbons (Fsp3) is 0.0909. The molecule has 134 valence electrons. The number of hydrogen-bond donors (Lipinski definition) is 0. The Morgan fingerprint density at radius 3 is 2.52 bits per heavy atom. The van der Waals surface area contributed by atoms with Gasteiger partial charge in [-0.3, -0.25) is 9.20 Å². The molecule has 0 saturated carbocycles.